The molecule has 0 saturated carbocycles. The summed E-state index contributed by atoms with van der Waals surface area (Å²) in [4.78, 5) is 20.7. The van der Waals surface area contributed by atoms with Crippen LogP contribution in [0.2, 0.25) is 0 Å². The summed E-state index contributed by atoms with van der Waals surface area (Å²) in [6.07, 6.45) is 6.20. The molecular formula is C33H40N6O2. The molecule has 2 unspecified atom stereocenters. The molecule has 2 heterocycles. The fourth-order valence-corrected chi connectivity index (χ4v) is 5.27. The van der Waals surface area contributed by atoms with Crippen LogP contribution in [-0.2, 0) is 36.1 Å². The van der Waals surface area contributed by atoms with Gasteiger partial charge in [0.2, 0.25) is 0 Å². The molecule has 214 valence electrons. The molecule has 0 aliphatic rings. The zero-order valence-corrected chi connectivity index (χ0v) is 23.3. The zero-order chi connectivity index (χ0) is 29.1. The third-order valence-electron chi connectivity index (χ3n) is 7.31. The Balaban J connectivity index is 1.46. The second kappa shape index (κ2) is 14.6. The lowest BCUT2D eigenvalue weighted by molar-refractivity contribution is -0.139. The largest absolute Gasteiger partial charge is 0.480 e. The van der Waals surface area contributed by atoms with Crippen LogP contribution in [0.25, 0.3) is 0 Å². The molecule has 0 saturated heterocycles. The van der Waals surface area contributed by atoms with Crippen LogP contribution in [0.3, 0.4) is 0 Å². The number of benzene rings is 2. The summed E-state index contributed by atoms with van der Waals surface area (Å²) in [5, 5.41) is 12.9. The summed E-state index contributed by atoms with van der Waals surface area (Å²) >= 11 is 0. The first-order valence-electron chi connectivity index (χ1n) is 14.0. The highest BCUT2D eigenvalue weighted by molar-refractivity contribution is 5.73. The van der Waals surface area contributed by atoms with Crippen LogP contribution in [0.1, 0.15) is 40.9 Å². The summed E-state index contributed by atoms with van der Waals surface area (Å²) in [7, 11) is 0. The van der Waals surface area contributed by atoms with Gasteiger partial charge >= 0.3 is 5.97 Å². The number of nitrogens with two attached hydrogens (primary N) is 3. The number of hydrogen-bond donors (Lipinski definition) is 5. The summed E-state index contributed by atoms with van der Waals surface area (Å²) < 4.78 is 0. The first-order chi connectivity index (χ1) is 19.8. The molecule has 0 fully saturated rings. The van der Waals surface area contributed by atoms with E-state index in [9.17, 15) is 9.90 Å². The van der Waals surface area contributed by atoms with Crippen molar-refractivity contribution in [1.29, 1.82) is 0 Å². The highest BCUT2D eigenvalue weighted by atomic mass is 16.4. The quantitative estimate of drug-likeness (QED) is 0.151. The number of aromatic nitrogens is 2. The molecule has 0 amide bonds. The Labute approximate surface area is 242 Å². The minimum absolute atomic E-state index is 0.215. The summed E-state index contributed by atoms with van der Waals surface area (Å²) in [6, 6.07) is 28.1. The number of pyridine rings is 2. The number of nitrogens with zero attached hydrogens (tertiary/aromatic N) is 2. The Morgan fingerprint density at radius 2 is 1.27 bits per heavy atom. The highest BCUT2D eigenvalue weighted by Gasteiger charge is 2.32. The smallest absolute Gasteiger partial charge is 0.321 e. The van der Waals surface area contributed by atoms with Crippen molar-refractivity contribution < 1.29 is 9.90 Å². The van der Waals surface area contributed by atoms with Crippen LogP contribution in [0.5, 0.6) is 0 Å². The van der Waals surface area contributed by atoms with Gasteiger partial charge in [-0.2, -0.15) is 0 Å². The van der Waals surface area contributed by atoms with Crippen molar-refractivity contribution >= 4 is 5.97 Å². The second-order valence-electron chi connectivity index (χ2n) is 10.8. The highest BCUT2D eigenvalue weighted by Crippen LogP contribution is 2.30. The van der Waals surface area contributed by atoms with Crippen LogP contribution in [-0.4, -0.2) is 39.2 Å². The first-order valence-corrected chi connectivity index (χ1v) is 14.0. The van der Waals surface area contributed by atoms with Crippen molar-refractivity contribution in [2.45, 2.75) is 62.3 Å². The number of aliphatic carboxylic acids is 1. The van der Waals surface area contributed by atoms with Crippen molar-refractivity contribution in [3.05, 3.63) is 131 Å². The molecule has 2 aromatic carbocycles. The van der Waals surface area contributed by atoms with Crippen LogP contribution >= 0.6 is 0 Å². The third kappa shape index (κ3) is 9.30. The van der Waals surface area contributed by atoms with Gasteiger partial charge in [0.15, 0.2) is 0 Å². The average Bonchev–Trinajstić information content (AvgIpc) is 2.96. The fourth-order valence-electron chi connectivity index (χ4n) is 5.27. The molecule has 8 heteroatoms. The lowest BCUT2D eigenvalue weighted by Crippen LogP contribution is -2.47. The summed E-state index contributed by atoms with van der Waals surface area (Å²) in [6.45, 7) is 0.417. The van der Waals surface area contributed by atoms with E-state index in [1.54, 1.807) is 12.4 Å². The van der Waals surface area contributed by atoms with Crippen molar-refractivity contribution in [3.63, 3.8) is 0 Å². The number of carboxylic acid groups (broad SMARTS) is 1. The second-order valence-corrected chi connectivity index (χ2v) is 10.8. The summed E-state index contributed by atoms with van der Waals surface area (Å²) in [5.74, 6) is -0.879. The standard InChI is InChI=1S/C33H40N6O2/c34-27(19-29-10-4-6-16-37-29)21-33(36,22-28(35)20-30-11-5-7-17-38-30)26-14-12-25(13-15-26)23-39-31(32(40)41)18-24-8-2-1-3-9-24/h1-17,27-28,31,39H,18-23,34-36H2,(H,40,41)/t27?,28?,31-,33?/m1/s1. The molecule has 4 rings (SSSR count). The molecule has 0 aliphatic heterocycles. The van der Waals surface area contributed by atoms with Gasteiger partial charge in [-0.1, -0.05) is 66.7 Å². The lowest BCUT2D eigenvalue weighted by atomic mass is 9.78. The third-order valence-corrected chi connectivity index (χ3v) is 7.31. The maximum Gasteiger partial charge on any atom is 0.321 e. The first kappa shape index (κ1) is 30.0. The van der Waals surface area contributed by atoms with Crippen LogP contribution in [0.15, 0.2) is 103 Å². The zero-order valence-electron chi connectivity index (χ0n) is 23.3. The van der Waals surface area contributed by atoms with Gasteiger partial charge in [-0.15, -0.1) is 0 Å². The van der Waals surface area contributed by atoms with E-state index in [1.165, 1.54) is 0 Å². The van der Waals surface area contributed by atoms with Gasteiger partial charge in [-0.05, 0) is 60.2 Å². The average molecular weight is 553 g/mol. The molecule has 0 spiro atoms. The van der Waals surface area contributed by atoms with Crippen molar-refractivity contribution in [2.75, 3.05) is 0 Å². The van der Waals surface area contributed by atoms with Crippen LogP contribution in [0.4, 0.5) is 0 Å². The van der Waals surface area contributed by atoms with E-state index in [0.717, 1.165) is 28.1 Å². The van der Waals surface area contributed by atoms with Gasteiger partial charge in [0.1, 0.15) is 6.04 Å². The predicted molar refractivity (Wildman–Crippen MR) is 162 cm³/mol. The van der Waals surface area contributed by atoms with Gasteiger partial charge in [0.05, 0.1) is 0 Å². The van der Waals surface area contributed by atoms with Crippen molar-refractivity contribution in [1.82, 2.24) is 15.3 Å². The Morgan fingerprint density at radius 1 is 0.732 bits per heavy atom. The fraction of sp³-hybridized carbons (Fsp3) is 0.303. The Hall–Kier alpha value is -3.95. The predicted octanol–water partition coefficient (Wildman–Crippen LogP) is 3.34. The minimum Gasteiger partial charge on any atom is -0.480 e. The molecule has 0 aliphatic carbocycles. The number of hydrogen-bond acceptors (Lipinski definition) is 7. The number of rotatable bonds is 15. The molecular weight excluding hydrogens is 512 g/mol. The lowest BCUT2D eigenvalue weighted by Gasteiger charge is -2.35. The van der Waals surface area contributed by atoms with Gasteiger partial charge in [-0.25, -0.2) is 0 Å². The summed E-state index contributed by atoms with van der Waals surface area (Å²) in [5.41, 5.74) is 24.3. The van der Waals surface area contributed by atoms with E-state index >= 15 is 0 Å². The maximum atomic E-state index is 11.9. The van der Waals surface area contributed by atoms with Gasteiger partial charge < -0.3 is 27.6 Å². The van der Waals surface area contributed by atoms with Crippen molar-refractivity contribution in [3.8, 4) is 0 Å². The van der Waals surface area contributed by atoms with E-state index in [2.05, 4.69) is 15.3 Å². The molecule has 2 aromatic heterocycles. The van der Waals surface area contributed by atoms with Gasteiger partial charge in [0, 0.05) is 60.8 Å². The SMILES string of the molecule is NC(Cc1ccccn1)CC(N)(CC(N)Cc1ccccn1)c1ccc(CN[C@H](Cc2ccccc2)C(=O)O)cc1. The molecule has 8 N–H and O–H groups in total. The number of nitrogens with one attached hydrogen (secondary N) is 1. The maximum absolute atomic E-state index is 11.9. The monoisotopic (exact) mass is 552 g/mol. The van der Waals surface area contributed by atoms with E-state index < -0.39 is 17.6 Å². The molecule has 4 aromatic rings. The molecule has 41 heavy (non-hydrogen) atoms. The van der Waals surface area contributed by atoms with Gasteiger partial charge in [-0.3, -0.25) is 14.8 Å². The Morgan fingerprint density at radius 3 is 1.76 bits per heavy atom. The Bertz CT molecular complexity index is 1290. The molecule has 3 atom stereocenters. The van der Waals surface area contributed by atoms with Gasteiger partial charge in [0.25, 0.3) is 0 Å². The van der Waals surface area contributed by atoms with E-state index in [4.69, 9.17) is 17.2 Å². The van der Waals surface area contributed by atoms with E-state index in [0.29, 0.717) is 38.6 Å². The normalized spacial score (nSPS) is 15.0. The number of carbonyl (C=O) groups is 1. The van der Waals surface area contributed by atoms with Crippen molar-refractivity contribution in [2.24, 2.45) is 17.2 Å². The molecule has 0 bridgehead atoms. The minimum atomic E-state index is -0.879. The molecule has 0 radical (unpaired) electrons. The Kier molecular flexibility index (Phi) is 10.7. The molecule has 8 nitrogen and oxygen atoms in total. The van der Waals surface area contributed by atoms with E-state index in [-0.39, 0.29) is 12.1 Å². The topological polar surface area (TPSA) is 153 Å². The van der Waals surface area contributed by atoms with E-state index in [1.807, 2.05) is 91.0 Å². The van der Waals surface area contributed by atoms with Crippen LogP contribution < -0.4 is 22.5 Å². The number of carboxylic acids is 1. The van der Waals surface area contributed by atoms with Crippen LogP contribution in [0, 0.1) is 0 Å².